The summed E-state index contributed by atoms with van der Waals surface area (Å²) in [6, 6.07) is -0.549. The number of hydrazone groups is 1. The monoisotopic (exact) mass is 179 g/mol. The highest BCUT2D eigenvalue weighted by atomic mass is 16.2. The third-order valence-electron chi connectivity index (χ3n) is 3.79. The molecule has 0 heterocycles. The van der Waals surface area contributed by atoms with Crippen molar-refractivity contribution in [3.05, 3.63) is 0 Å². The minimum Gasteiger partial charge on any atom is -0.350 e. The van der Waals surface area contributed by atoms with Gasteiger partial charge in [-0.25, -0.2) is 10.2 Å². The van der Waals surface area contributed by atoms with Gasteiger partial charge >= 0.3 is 6.03 Å². The Balaban J connectivity index is 1.78. The summed E-state index contributed by atoms with van der Waals surface area (Å²) in [5.74, 6) is 3.13. The van der Waals surface area contributed by atoms with Gasteiger partial charge in [-0.1, -0.05) is 0 Å². The fraction of sp³-hybridized carbons (Fsp3) is 0.778. The van der Waals surface area contributed by atoms with Gasteiger partial charge in [-0.2, -0.15) is 5.10 Å². The van der Waals surface area contributed by atoms with Crippen LogP contribution >= 0.6 is 0 Å². The lowest BCUT2D eigenvalue weighted by Gasteiger charge is -2.22. The lowest BCUT2D eigenvalue weighted by atomic mass is 9.84. The predicted octanol–water partition coefficient (Wildman–Crippen LogP) is 0.687. The summed E-state index contributed by atoms with van der Waals surface area (Å²) in [7, 11) is 0. The standard InChI is InChI=1S/C9H13N3O/c10-9(13)12-11-8-4-1-2-5-6(3-4)7(5)8/h4-7H,1-3H2,(H3,10,12,13)/b11-8-/t4-,5+,6-,7+/m0/s1. The lowest BCUT2D eigenvalue weighted by molar-refractivity contribution is 0.249. The fourth-order valence-electron chi connectivity index (χ4n) is 3.26. The highest BCUT2D eigenvalue weighted by Crippen LogP contribution is 2.64. The van der Waals surface area contributed by atoms with Crippen molar-refractivity contribution in [2.45, 2.75) is 19.3 Å². The van der Waals surface area contributed by atoms with Crippen LogP contribution in [0.4, 0.5) is 4.79 Å². The molecule has 13 heavy (non-hydrogen) atoms. The molecule has 70 valence electrons. The molecule has 0 radical (unpaired) electrons. The van der Waals surface area contributed by atoms with E-state index >= 15 is 0 Å². The second kappa shape index (κ2) is 2.25. The summed E-state index contributed by atoms with van der Waals surface area (Å²) in [5, 5.41) is 4.12. The molecule has 4 aliphatic carbocycles. The Kier molecular flexibility index (Phi) is 1.27. The van der Waals surface area contributed by atoms with Crippen LogP contribution in [0.1, 0.15) is 19.3 Å². The average Bonchev–Trinajstić information content (AvgIpc) is 2.73. The SMILES string of the molecule is NC(=O)N/N=C1/[C@H]2CC[C@@H]3[C@H](C2)[C@H]13. The number of amides is 2. The van der Waals surface area contributed by atoms with Gasteiger partial charge in [0.25, 0.3) is 0 Å². The zero-order valence-electron chi connectivity index (χ0n) is 7.36. The first kappa shape index (κ1) is 7.35. The van der Waals surface area contributed by atoms with Crippen LogP contribution in [0.15, 0.2) is 5.10 Å². The molecule has 4 saturated carbocycles. The molecular weight excluding hydrogens is 166 g/mol. The molecule has 4 atom stereocenters. The Morgan fingerprint density at radius 1 is 1.46 bits per heavy atom. The van der Waals surface area contributed by atoms with E-state index in [4.69, 9.17) is 5.73 Å². The van der Waals surface area contributed by atoms with E-state index < -0.39 is 6.03 Å². The maximum absolute atomic E-state index is 10.5. The quantitative estimate of drug-likeness (QED) is 0.571. The molecule has 4 rings (SSSR count). The first-order chi connectivity index (χ1) is 6.27. The summed E-state index contributed by atoms with van der Waals surface area (Å²) >= 11 is 0. The van der Waals surface area contributed by atoms with Gasteiger partial charge < -0.3 is 5.73 Å². The van der Waals surface area contributed by atoms with Crippen molar-refractivity contribution in [2.24, 2.45) is 34.5 Å². The molecule has 3 N–H and O–H groups in total. The number of rotatable bonds is 1. The maximum atomic E-state index is 10.5. The summed E-state index contributed by atoms with van der Waals surface area (Å²) in [6.45, 7) is 0. The number of hydrogen-bond donors (Lipinski definition) is 2. The summed E-state index contributed by atoms with van der Waals surface area (Å²) < 4.78 is 0. The number of carbonyl (C=O) groups excluding carboxylic acids is 1. The molecular formula is C9H13N3O. The molecule has 4 aliphatic rings. The number of hydrogen-bond acceptors (Lipinski definition) is 2. The zero-order valence-corrected chi connectivity index (χ0v) is 7.36. The summed E-state index contributed by atoms with van der Waals surface area (Å²) in [5.41, 5.74) is 8.55. The predicted molar refractivity (Wildman–Crippen MR) is 48.0 cm³/mol. The minimum atomic E-state index is -0.549. The Bertz CT molecular complexity index is 291. The second-order valence-corrected chi connectivity index (χ2v) is 4.38. The third-order valence-corrected chi connectivity index (χ3v) is 3.79. The number of primary amides is 1. The Morgan fingerprint density at radius 3 is 2.85 bits per heavy atom. The first-order valence-corrected chi connectivity index (χ1v) is 4.90. The van der Waals surface area contributed by atoms with Crippen molar-refractivity contribution in [1.82, 2.24) is 5.43 Å². The number of nitrogens with two attached hydrogens (primary N) is 1. The second-order valence-electron chi connectivity index (χ2n) is 4.38. The van der Waals surface area contributed by atoms with Crippen LogP contribution in [0.3, 0.4) is 0 Å². The normalized spacial score (nSPS) is 47.8. The van der Waals surface area contributed by atoms with E-state index in [0.29, 0.717) is 11.8 Å². The Labute approximate surface area is 76.6 Å². The highest BCUT2D eigenvalue weighted by molar-refractivity contribution is 5.95. The van der Waals surface area contributed by atoms with Crippen molar-refractivity contribution in [2.75, 3.05) is 0 Å². The van der Waals surface area contributed by atoms with Crippen molar-refractivity contribution in [3.8, 4) is 0 Å². The molecule has 0 aliphatic heterocycles. The van der Waals surface area contributed by atoms with E-state index in [9.17, 15) is 4.79 Å². The van der Waals surface area contributed by atoms with Crippen LogP contribution in [0.5, 0.6) is 0 Å². The molecule has 4 nitrogen and oxygen atoms in total. The number of carbonyl (C=O) groups is 1. The van der Waals surface area contributed by atoms with Crippen molar-refractivity contribution < 1.29 is 4.79 Å². The van der Waals surface area contributed by atoms with Crippen LogP contribution in [0.2, 0.25) is 0 Å². The smallest absolute Gasteiger partial charge is 0.332 e. The molecule has 0 aromatic rings. The van der Waals surface area contributed by atoms with Gasteiger partial charge in [0, 0.05) is 11.6 Å². The van der Waals surface area contributed by atoms with Gasteiger partial charge in [-0.15, -0.1) is 0 Å². The molecule has 0 saturated heterocycles. The van der Waals surface area contributed by atoms with Gasteiger partial charge in [0.2, 0.25) is 0 Å². The topological polar surface area (TPSA) is 67.5 Å². The zero-order chi connectivity index (χ0) is 9.00. The average molecular weight is 179 g/mol. The van der Waals surface area contributed by atoms with E-state index in [2.05, 4.69) is 10.5 Å². The number of fused-ring (bicyclic) bond motifs is 1. The van der Waals surface area contributed by atoms with Crippen LogP contribution < -0.4 is 11.2 Å². The van der Waals surface area contributed by atoms with E-state index in [1.165, 1.54) is 25.0 Å². The summed E-state index contributed by atoms with van der Waals surface area (Å²) in [6.07, 6.45) is 3.93. The minimum absolute atomic E-state index is 0.549. The number of nitrogens with one attached hydrogen (secondary N) is 1. The Morgan fingerprint density at radius 2 is 2.31 bits per heavy atom. The van der Waals surface area contributed by atoms with E-state index in [1.54, 1.807) is 0 Å². The molecule has 4 heteroatoms. The molecule has 2 amide bonds. The van der Waals surface area contributed by atoms with Crippen LogP contribution in [-0.4, -0.2) is 11.7 Å². The molecule has 4 bridgehead atoms. The number of nitrogens with zero attached hydrogens (tertiary/aromatic N) is 1. The molecule has 4 fully saturated rings. The van der Waals surface area contributed by atoms with Crippen LogP contribution in [0.25, 0.3) is 0 Å². The Hall–Kier alpha value is -1.06. The lowest BCUT2D eigenvalue weighted by Crippen LogP contribution is -2.29. The number of urea groups is 1. The van der Waals surface area contributed by atoms with Crippen molar-refractivity contribution in [1.29, 1.82) is 0 Å². The van der Waals surface area contributed by atoms with Crippen LogP contribution in [-0.2, 0) is 0 Å². The fourth-order valence-corrected chi connectivity index (χ4v) is 3.26. The van der Waals surface area contributed by atoms with Gasteiger partial charge in [-0.05, 0) is 37.0 Å². The largest absolute Gasteiger partial charge is 0.350 e. The van der Waals surface area contributed by atoms with Gasteiger partial charge in [-0.3, -0.25) is 0 Å². The van der Waals surface area contributed by atoms with Crippen molar-refractivity contribution >= 4 is 11.7 Å². The summed E-state index contributed by atoms with van der Waals surface area (Å²) in [4.78, 5) is 10.5. The first-order valence-electron chi connectivity index (χ1n) is 4.90. The van der Waals surface area contributed by atoms with E-state index in [1.807, 2.05) is 0 Å². The van der Waals surface area contributed by atoms with Crippen molar-refractivity contribution in [3.63, 3.8) is 0 Å². The third kappa shape index (κ3) is 0.913. The van der Waals surface area contributed by atoms with Gasteiger partial charge in [0.15, 0.2) is 0 Å². The molecule has 0 unspecified atom stereocenters. The van der Waals surface area contributed by atoms with Gasteiger partial charge in [0.05, 0.1) is 0 Å². The maximum Gasteiger partial charge on any atom is 0.332 e. The van der Waals surface area contributed by atoms with E-state index in [-0.39, 0.29) is 0 Å². The van der Waals surface area contributed by atoms with Gasteiger partial charge in [0.1, 0.15) is 0 Å². The van der Waals surface area contributed by atoms with E-state index in [0.717, 1.165) is 11.8 Å². The van der Waals surface area contributed by atoms with Crippen LogP contribution in [0, 0.1) is 23.7 Å². The molecule has 0 aromatic carbocycles. The molecule has 0 aromatic heterocycles. The highest BCUT2D eigenvalue weighted by Gasteiger charge is 2.62. The molecule has 0 spiro atoms.